The van der Waals surface area contributed by atoms with Crippen LogP contribution in [0.2, 0.25) is 0 Å². The van der Waals surface area contributed by atoms with E-state index in [9.17, 15) is 0 Å². The first kappa shape index (κ1) is 10.8. The second-order valence-electron chi connectivity index (χ2n) is 4.86. The zero-order valence-electron chi connectivity index (χ0n) is 9.21. The molecule has 0 amide bonds. The van der Waals surface area contributed by atoms with Gasteiger partial charge >= 0.3 is 0 Å². The fourth-order valence-corrected chi connectivity index (χ4v) is 3.48. The predicted molar refractivity (Wildman–Crippen MR) is 61.9 cm³/mol. The summed E-state index contributed by atoms with van der Waals surface area (Å²) in [6.45, 7) is 6.54. The summed E-state index contributed by atoms with van der Waals surface area (Å²) in [5.41, 5.74) is 0.122. The normalized spacial score (nSPS) is 43.3. The Kier molecular flexibility index (Phi) is 3.40. The molecule has 2 nitrogen and oxygen atoms in total. The van der Waals surface area contributed by atoms with Crippen molar-refractivity contribution in [1.29, 1.82) is 0 Å². The SMILES string of the molecule is CC1CC(NCC2(C)CCCO2)CS1. The molecule has 0 radical (unpaired) electrons. The molecule has 2 saturated heterocycles. The van der Waals surface area contributed by atoms with Crippen LogP contribution < -0.4 is 5.32 Å². The van der Waals surface area contributed by atoms with E-state index in [1.165, 1.54) is 25.0 Å². The number of ether oxygens (including phenoxy) is 1. The molecule has 3 heteroatoms. The fourth-order valence-electron chi connectivity index (χ4n) is 2.30. The van der Waals surface area contributed by atoms with Gasteiger partial charge in [-0.15, -0.1) is 0 Å². The van der Waals surface area contributed by atoms with Gasteiger partial charge in [0.25, 0.3) is 0 Å². The van der Waals surface area contributed by atoms with Crippen LogP contribution >= 0.6 is 11.8 Å². The van der Waals surface area contributed by atoms with E-state index < -0.39 is 0 Å². The van der Waals surface area contributed by atoms with Crippen LogP contribution in [-0.4, -0.2) is 35.8 Å². The minimum Gasteiger partial charge on any atom is -0.374 e. The van der Waals surface area contributed by atoms with E-state index in [0.717, 1.165) is 24.4 Å². The molecule has 1 N–H and O–H groups in total. The van der Waals surface area contributed by atoms with Gasteiger partial charge in [0, 0.05) is 30.2 Å². The van der Waals surface area contributed by atoms with Gasteiger partial charge in [-0.05, 0) is 26.2 Å². The van der Waals surface area contributed by atoms with Crippen molar-refractivity contribution < 1.29 is 4.74 Å². The lowest BCUT2D eigenvalue weighted by atomic mass is 10.0. The highest BCUT2D eigenvalue weighted by molar-refractivity contribution is 8.00. The van der Waals surface area contributed by atoms with Gasteiger partial charge in [-0.3, -0.25) is 0 Å². The van der Waals surface area contributed by atoms with Crippen LogP contribution in [-0.2, 0) is 4.74 Å². The largest absolute Gasteiger partial charge is 0.374 e. The minimum atomic E-state index is 0.122. The molecule has 3 unspecified atom stereocenters. The minimum absolute atomic E-state index is 0.122. The maximum atomic E-state index is 5.76. The molecule has 2 heterocycles. The molecule has 0 saturated carbocycles. The Morgan fingerprint density at radius 2 is 2.43 bits per heavy atom. The van der Waals surface area contributed by atoms with Gasteiger partial charge in [0.05, 0.1) is 5.60 Å². The highest BCUT2D eigenvalue weighted by Crippen LogP contribution is 2.28. The molecule has 0 aromatic carbocycles. The summed E-state index contributed by atoms with van der Waals surface area (Å²) in [6, 6.07) is 0.719. The molecular weight excluding hydrogens is 194 g/mol. The summed E-state index contributed by atoms with van der Waals surface area (Å²) in [5, 5.41) is 4.49. The molecule has 0 aliphatic carbocycles. The average molecular weight is 215 g/mol. The van der Waals surface area contributed by atoms with Gasteiger partial charge in [-0.2, -0.15) is 11.8 Å². The molecule has 0 spiro atoms. The van der Waals surface area contributed by atoms with E-state index in [1.54, 1.807) is 0 Å². The molecule has 2 aliphatic rings. The Morgan fingerprint density at radius 1 is 1.57 bits per heavy atom. The van der Waals surface area contributed by atoms with Crippen molar-refractivity contribution >= 4 is 11.8 Å². The van der Waals surface area contributed by atoms with Gasteiger partial charge in [-0.25, -0.2) is 0 Å². The standard InChI is InChI=1S/C11H21NOS/c1-9-6-10(7-14-9)12-8-11(2)4-3-5-13-11/h9-10,12H,3-8H2,1-2H3. The summed E-state index contributed by atoms with van der Waals surface area (Å²) in [5.74, 6) is 1.28. The topological polar surface area (TPSA) is 21.3 Å². The van der Waals surface area contributed by atoms with Crippen LogP contribution in [0.4, 0.5) is 0 Å². The summed E-state index contributed by atoms with van der Waals surface area (Å²) in [4.78, 5) is 0. The van der Waals surface area contributed by atoms with Crippen molar-refractivity contribution in [1.82, 2.24) is 5.32 Å². The molecule has 0 bridgehead atoms. The molecule has 2 rings (SSSR count). The number of hydrogen-bond acceptors (Lipinski definition) is 3. The van der Waals surface area contributed by atoms with E-state index >= 15 is 0 Å². The quantitative estimate of drug-likeness (QED) is 0.778. The Bertz CT molecular complexity index is 192. The van der Waals surface area contributed by atoms with Crippen molar-refractivity contribution in [2.24, 2.45) is 0 Å². The molecule has 2 aliphatic heterocycles. The first-order valence-electron chi connectivity index (χ1n) is 5.67. The van der Waals surface area contributed by atoms with Gasteiger partial charge in [-0.1, -0.05) is 6.92 Å². The average Bonchev–Trinajstić information content (AvgIpc) is 2.73. The van der Waals surface area contributed by atoms with Crippen molar-refractivity contribution in [3.63, 3.8) is 0 Å². The third-order valence-corrected chi connectivity index (χ3v) is 4.62. The van der Waals surface area contributed by atoms with E-state index in [1.807, 2.05) is 0 Å². The number of hydrogen-bond donors (Lipinski definition) is 1. The molecule has 14 heavy (non-hydrogen) atoms. The lowest BCUT2D eigenvalue weighted by molar-refractivity contribution is 0.0192. The van der Waals surface area contributed by atoms with Crippen LogP contribution in [0.15, 0.2) is 0 Å². The van der Waals surface area contributed by atoms with Crippen molar-refractivity contribution in [2.75, 3.05) is 18.9 Å². The maximum absolute atomic E-state index is 5.76. The van der Waals surface area contributed by atoms with Crippen molar-refractivity contribution in [2.45, 2.75) is 50.0 Å². The summed E-state index contributed by atoms with van der Waals surface area (Å²) in [7, 11) is 0. The third kappa shape index (κ3) is 2.65. The predicted octanol–water partition coefficient (Wildman–Crippen LogP) is 2.04. The van der Waals surface area contributed by atoms with Gasteiger partial charge in [0.2, 0.25) is 0 Å². The highest BCUT2D eigenvalue weighted by Gasteiger charge is 2.31. The molecule has 0 aromatic rings. The van der Waals surface area contributed by atoms with Gasteiger partial charge < -0.3 is 10.1 Å². The van der Waals surface area contributed by atoms with Crippen LogP contribution in [0.5, 0.6) is 0 Å². The van der Waals surface area contributed by atoms with Crippen LogP contribution in [0.3, 0.4) is 0 Å². The smallest absolute Gasteiger partial charge is 0.0779 e. The van der Waals surface area contributed by atoms with E-state index in [-0.39, 0.29) is 5.60 Å². The van der Waals surface area contributed by atoms with E-state index in [2.05, 4.69) is 30.9 Å². The third-order valence-electron chi connectivity index (χ3n) is 3.26. The highest BCUT2D eigenvalue weighted by atomic mass is 32.2. The Hall–Kier alpha value is 0.270. The second kappa shape index (κ2) is 4.42. The Labute approximate surface area is 91.2 Å². The first-order chi connectivity index (χ1) is 6.68. The van der Waals surface area contributed by atoms with Crippen LogP contribution in [0, 0.1) is 0 Å². The number of rotatable bonds is 3. The van der Waals surface area contributed by atoms with Crippen molar-refractivity contribution in [3.8, 4) is 0 Å². The zero-order chi connectivity index (χ0) is 10.0. The molecule has 2 fully saturated rings. The Morgan fingerprint density at radius 3 is 3.00 bits per heavy atom. The lowest BCUT2D eigenvalue weighted by Gasteiger charge is -2.25. The first-order valence-corrected chi connectivity index (χ1v) is 6.72. The number of thioether (sulfide) groups is 1. The van der Waals surface area contributed by atoms with E-state index in [0.29, 0.717) is 0 Å². The maximum Gasteiger partial charge on any atom is 0.0779 e. The molecular formula is C11H21NOS. The molecule has 3 atom stereocenters. The lowest BCUT2D eigenvalue weighted by Crippen LogP contribution is -2.42. The van der Waals surface area contributed by atoms with E-state index in [4.69, 9.17) is 4.74 Å². The summed E-state index contributed by atoms with van der Waals surface area (Å²) >= 11 is 2.08. The van der Waals surface area contributed by atoms with Crippen LogP contribution in [0.25, 0.3) is 0 Å². The Balaban J connectivity index is 1.71. The zero-order valence-corrected chi connectivity index (χ0v) is 10.0. The molecule has 0 aromatic heterocycles. The number of nitrogens with one attached hydrogen (secondary N) is 1. The summed E-state index contributed by atoms with van der Waals surface area (Å²) in [6.07, 6.45) is 3.77. The fraction of sp³-hybridized carbons (Fsp3) is 1.00. The van der Waals surface area contributed by atoms with Crippen LogP contribution in [0.1, 0.15) is 33.1 Å². The van der Waals surface area contributed by atoms with Gasteiger partial charge in [0.1, 0.15) is 0 Å². The monoisotopic (exact) mass is 215 g/mol. The molecule has 82 valence electrons. The summed E-state index contributed by atoms with van der Waals surface area (Å²) < 4.78 is 5.76. The second-order valence-corrected chi connectivity index (χ2v) is 6.33. The van der Waals surface area contributed by atoms with Crippen molar-refractivity contribution in [3.05, 3.63) is 0 Å². The van der Waals surface area contributed by atoms with Gasteiger partial charge in [0.15, 0.2) is 0 Å².